The predicted octanol–water partition coefficient (Wildman–Crippen LogP) is 4.85. The molecule has 1 heterocycles. The highest BCUT2D eigenvalue weighted by Crippen LogP contribution is 2.45. The lowest BCUT2D eigenvalue weighted by Gasteiger charge is -2.16. The average molecular weight is 449 g/mol. The number of carbonyl (C=O) groups is 1. The van der Waals surface area contributed by atoms with Crippen molar-refractivity contribution in [1.82, 2.24) is 4.98 Å². The van der Waals surface area contributed by atoms with Gasteiger partial charge < -0.3 is 14.2 Å². The van der Waals surface area contributed by atoms with Crippen molar-refractivity contribution in [3.63, 3.8) is 0 Å². The van der Waals surface area contributed by atoms with Crippen molar-refractivity contribution in [2.75, 3.05) is 26.6 Å². The molecule has 27 heavy (non-hydrogen) atoms. The molecule has 140 valence electrons. The molecule has 1 amide bonds. The van der Waals surface area contributed by atoms with Crippen LogP contribution in [0.4, 0.5) is 5.13 Å². The van der Waals surface area contributed by atoms with E-state index in [2.05, 4.69) is 26.2 Å². The number of hydrogen-bond acceptors (Lipinski definition) is 6. The first kappa shape index (κ1) is 19.2. The van der Waals surface area contributed by atoms with E-state index >= 15 is 0 Å². The Morgan fingerprint density at radius 1 is 1.07 bits per heavy atom. The third-order valence-electron chi connectivity index (χ3n) is 3.80. The molecule has 3 aromatic rings. The van der Waals surface area contributed by atoms with E-state index in [9.17, 15) is 4.79 Å². The first-order valence-electron chi connectivity index (χ1n) is 7.90. The first-order chi connectivity index (χ1) is 13.1. The number of anilines is 1. The predicted molar refractivity (Wildman–Crippen MR) is 109 cm³/mol. The zero-order valence-corrected chi connectivity index (χ0v) is 17.3. The van der Waals surface area contributed by atoms with Gasteiger partial charge in [0.05, 0.1) is 36.2 Å². The van der Waals surface area contributed by atoms with Crippen molar-refractivity contribution in [1.29, 1.82) is 0 Å². The van der Waals surface area contributed by atoms with E-state index in [1.807, 2.05) is 30.3 Å². The smallest absolute Gasteiger partial charge is 0.258 e. The standard InChI is InChI=1S/C19H17BrN2O4S/c1-24-13-9-12(15(20)17(26-3)16(13)25-2)18(23)22-19-21-10-14(27-19)11-7-5-4-6-8-11/h4-10H,1-3H3,(H,21,22,23). The summed E-state index contributed by atoms with van der Waals surface area (Å²) in [7, 11) is 4.50. The van der Waals surface area contributed by atoms with Crippen LogP contribution in [-0.2, 0) is 0 Å². The maximum absolute atomic E-state index is 12.8. The van der Waals surface area contributed by atoms with Gasteiger partial charge in [-0.25, -0.2) is 4.98 Å². The molecule has 3 rings (SSSR count). The number of nitrogens with zero attached hydrogens (tertiary/aromatic N) is 1. The van der Waals surface area contributed by atoms with Crippen LogP contribution in [0.2, 0.25) is 0 Å². The van der Waals surface area contributed by atoms with Gasteiger partial charge in [0.2, 0.25) is 5.75 Å². The van der Waals surface area contributed by atoms with Gasteiger partial charge in [0, 0.05) is 6.20 Å². The Morgan fingerprint density at radius 3 is 2.41 bits per heavy atom. The van der Waals surface area contributed by atoms with Gasteiger partial charge in [-0.3, -0.25) is 10.1 Å². The minimum Gasteiger partial charge on any atom is -0.493 e. The van der Waals surface area contributed by atoms with Crippen molar-refractivity contribution >= 4 is 38.3 Å². The zero-order chi connectivity index (χ0) is 19.4. The molecule has 0 unspecified atom stereocenters. The summed E-state index contributed by atoms with van der Waals surface area (Å²) in [5, 5.41) is 3.32. The third kappa shape index (κ3) is 3.91. The lowest BCUT2D eigenvalue weighted by atomic mass is 10.1. The molecule has 0 aliphatic rings. The normalized spacial score (nSPS) is 10.4. The van der Waals surface area contributed by atoms with Crippen LogP contribution in [-0.4, -0.2) is 32.2 Å². The van der Waals surface area contributed by atoms with E-state index in [0.717, 1.165) is 10.4 Å². The molecule has 0 spiro atoms. The zero-order valence-electron chi connectivity index (χ0n) is 14.9. The van der Waals surface area contributed by atoms with Crippen LogP contribution in [0.3, 0.4) is 0 Å². The van der Waals surface area contributed by atoms with Crippen LogP contribution in [0.1, 0.15) is 10.4 Å². The van der Waals surface area contributed by atoms with Gasteiger partial charge in [0.15, 0.2) is 16.6 Å². The van der Waals surface area contributed by atoms with Gasteiger partial charge in [0.25, 0.3) is 5.91 Å². The summed E-state index contributed by atoms with van der Waals surface area (Å²) in [5.41, 5.74) is 1.39. The van der Waals surface area contributed by atoms with E-state index in [1.165, 1.54) is 32.7 Å². The molecule has 8 heteroatoms. The van der Waals surface area contributed by atoms with Crippen molar-refractivity contribution in [2.24, 2.45) is 0 Å². The lowest BCUT2D eigenvalue weighted by molar-refractivity contribution is 0.102. The fourth-order valence-electron chi connectivity index (χ4n) is 2.52. The van der Waals surface area contributed by atoms with E-state index < -0.39 is 0 Å². The fourth-order valence-corrected chi connectivity index (χ4v) is 3.97. The van der Waals surface area contributed by atoms with Crippen LogP contribution < -0.4 is 19.5 Å². The number of aromatic nitrogens is 1. The summed E-state index contributed by atoms with van der Waals surface area (Å²) in [5.74, 6) is 0.844. The summed E-state index contributed by atoms with van der Waals surface area (Å²) in [4.78, 5) is 18.0. The number of halogens is 1. The summed E-state index contributed by atoms with van der Waals surface area (Å²) >= 11 is 4.81. The van der Waals surface area contributed by atoms with Gasteiger partial charge in [-0.1, -0.05) is 41.7 Å². The monoisotopic (exact) mass is 448 g/mol. The number of nitrogens with one attached hydrogen (secondary N) is 1. The Balaban J connectivity index is 1.90. The molecule has 1 aromatic heterocycles. The number of thiazole rings is 1. The van der Waals surface area contributed by atoms with E-state index in [0.29, 0.717) is 32.4 Å². The number of rotatable bonds is 6. The van der Waals surface area contributed by atoms with Gasteiger partial charge in [-0.15, -0.1) is 0 Å². The van der Waals surface area contributed by atoms with Gasteiger partial charge in [-0.2, -0.15) is 0 Å². The molecule has 6 nitrogen and oxygen atoms in total. The number of ether oxygens (including phenoxy) is 3. The van der Waals surface area contributed by atoms with Crippen LogP contribution in [0, 0.1) is 0 Å². The van der Waals surface area contributed by atoms with Crippen molar-refractivity contribution in [3.8, 4) is 27.7 Å². The van der Waals surface area contributed by atoms with E-state index in [1.54, 1.807) is 12.3 Å². The Hall–Kier alpha value is -2.58. The Morgan fingerprint density at radius 2 is 1.78 bits per heavy atom. The second-order valence-corrected chi connectivity index (χ2v) is 7.18. The SMILES string of the molecule is COc1cc(C(=O)Nc2ncc(-c3ccccc3)s2)c(Br)c(OC)c1OC. The summed E-state index contributed by atoms with van der Waals surface area (Å²) in [6.07, 6.45) is 1.74. The van der Waals surface area contributed by atoms with E-state index in [-0.39, 0.29) is 5.91 Å². The maximum Gasteiger partial charge on any atom is 0.258 e. The minimum absolute atomic E-state index is 0.338. The molecule has 2 aromatic carbocycles. The topological polar surface area (TPSA) is 69.7 Å². The second kappa shape index (κ2) is 8.41. The Bertz CT molecular complexity index is 960. The quantitative estimate of drug-likeness (QED) is 0.583. The molecular weight excluding hydrogens is 432 g/mol. The summed E-state index contributed by atoms with van der Waals surface area (Å²) in [6, 6.07) is 11.5. The molecule has 0 aliphatic carbocycles. The van der Waals surface area contributed by atoms with Crippen LogP contribution in [0.5, 0.6) is 17.2 Å². The average Bonchev–Trinajstić information content (AvgIpc) is 3.16. The minimum atomic E-state index is -0.338. The molecule has 0 aliphatic heterocycles. The number of carbonyl (C=O) groups excluding carboxylic acids is 1. The van der Waals surface area contributed by atoms with Crippen molar-refractivity contribution in [3.05, 3.63) is 52.6 Å². The number of benzene rings is 2. The van der Waals surface area contributed by atoms with Crippen LogP contribution in [0.15, 0.2) is 47.1 Å². The Labute approximate surface area is 169 Å². The van der Waals surface area contributed by atoms with Gasteiger partial charge in [0.1, 0.15) is 0 Å². The molecule has 0 bridgehead atoms. The second-order valence-electron chi connectivity index (χ2n) is 5.36. The fraction of sp³-hybridized carbons (Fsp3) is 0.158. The lowest BCUT2D eigenvalue weighted by Crippen LogP contribution is -2.13. The number of hydrogen-bond donors (Lipinski definition) is 1. The first-order valence-corrected chi connectivity index (χ1v) is 9.51. The molecule has 0 saturated heterocycles. The molecule has 0 radical (unpaired) electrons. The summed E-state index contributed by atoms with van der Waals surface area (Å²) in [6.45, 7) is 0. The molecule has 0 fully saturated rings. The highest BCUT2D eigenvalue weighted by Gasteiger charge is 2.23. The van der Waals surface area contributed by atoms with Crippen molar-refractivity contribution in [2.45, 2.75) is 0 Å². The highest BCUT2D eigenvalue weighted by molar-refractivity contribution is 9.10. The number of amides is 1. The van der Waals surface area contributed by atoms with Gasteiger partial charge in [-0.05, 0) is 27.6 Å². The van der Waals surface area contributed by atoms with Crippen LogP contribution >= 0.6 is 27.3 Å². The van der Waals surface area contributed by atoms with Gasteiger partial charge >= 0.3 is 0 Å². The highest BCUT2D eigenvalue weighted by atomic mass is 79.9. The molecule has 0 saturated carbocycles. The molecular formula is C19H17BrN2O4S. The maximum atomic E-state index is 12.8. The molecule has 0 atom stereocenters. The largest absolute Gasteiger partial charge is 0.493 e. The Kier molecular flexibility index (Phi) is 5.98. The molecule has 1 N–H and O–H groups in total. The summed E-state index contributed by atoms with van der Waals surface area (Å²) < 4.78 is 16.5. The third-order valence-corrected chi connectivity index (χ3v) is 5.55. The van der Waals surface area contributed by atoms with E-state index in [4.69, 9.17) is 14.2 Å². The number of methoxy groups -OCH3 is 3. The van der Waals surface area contributed by atoms with Crippen molar-refractivity contribution < 1.29 is 19.0 Å². The van der Waals surface area contributed by atoms with Crippen LogP contribution in [0.25, 0.3) is 10.4 Å².